The lowest BCUT2D eigenvalue weighted by atomic mass is 9.75. The van der Waals surface area contributed by atoms with Crippen molar-refractivity contribution in [3.8, 4) is 5.75 Å². The summed E-state index contributed by atoms with van der Waals surface area (Å²) < 4.78 is 10.6. The number of carbonyl (C=O) groups excluding carboxylic acids is 1. The van der Waals surface area contributed by atoms with Gasteiger partial charge in [0.1, 0.15) is 12.4 Å². The minimum Gasteiger partial charge on any atom is -0.486 e. The molecule has 5 heteroatoms. The van der Waals surface area contributed by atoms with E-state index in [9.17, 15) is 9.82 Å². The Kier molecular flexibility index (Phi) is 3.22. The van der Waals surface area contributed by atoms with Gasteiger partial charge in [-0.2, -0.15) is 0 Å². The summed E-state index contributed by atoms with van der Waals surface area (Å²) in [5.74, 6) is 0.611. The second kappa shape index (κ2) is 4.51. The number of fused-ring (bicyclic) bond motifs is 1. The molecule has 0 amide bonds. The first-order valence-electron chi connectivity index (χ1n) is 5.55. The fraction of sp³-hybridized carbons (Fsp3) is 0.417. The van der Waals surface area contributed by atoms with Gasteiger partial charge in [-0.3, -0.25) is 4.79 Å². The molecule has 0 atom stereocenters. The molecule has 0 radical (unpaired) electrons. The summed E-state index contributed by atoms with van der Waals surface area (Å²) in [6, 6.07) is 1.89. The van der Waals surface area contributed by atoms with Crippen LogP contribution in [-0.4, -0.2) is 24.5 Å². The van der Waals surface area contributed by atoms with Gasteiger partial charge in [0.2, 0.25) is 0 Å². The Hall–Kier alpha value is -1.33. The van der Waals surface area contributed by atoms with E-state index in [1.165, 1.54) is 6.92 Å². The van der Waals surface area contributed by atoms with Crippen LogP contribution in [0.5, 0.6) is 5.75 Å². The van der Waals surface area contributed by atoms with Crippen molar-refractivity contribution in [1.29, 1.82) is 0 Å². The molecule has 0 saturated carbocycles. The van der Waals surface area contributed by atoms with Crippen LogP contribution in [0.3, 0.4) is 0 Å². The first-order chi connectivity index (χ1) is 8.00. The van der Waals surface area contributed by atoms with Gasteiger partial charge in [0.25, 0.3) is 0 Å². The van der Waals surface area contributed by atoms with E-state index in [1.807, 2.05) is 19.9 Å². The molecule has 1 aromatic carbocycles. The highest BCUT2D eigenvalue weighted by Gasteiger charge is 2.31. The summed E-state index contributed by atoms with van der Waals surface area (Å²) in [6.07, 6.45) is 0. The third-order valence-electron chi connectivity index (χ3n) is 2.99. The van der Waals surface area contributed by atoms with Gasteiger partial charge >= 0.3 is 7.12 Å². The quantitative estimate of drug-likeness (QED) is 0.773. The zero-order valence-corrected chi connectivity index (χ0v) is 10.2. The van der Waals surface area contributed by atoms with Crippen LogP contribution >= 0.6 is 0 Å². The van der Waals surface area contributed by atoms with Gasteiger partial charge in [0, 0.05) is 0 Å². The summed E-state index contributed by atoms with van der Waals surface area (Å²) in [5.41, 5.74) is 3.66. The highest BCUT2D eigenvalue weighted by atomic mass is 16.5. The number of aryl methyl sites for hydroxylation is 1. The standard InChI is InChI=1S/C12H15BO4/c1-7-4-11(16-5-8(2)14)9(3)12-10(7)6-17-13(12)15/h4,15H,5-6H2,1-3H3. The Morgan fingerprint density at radius 3 is 2.94 bits per heavy atom. The van der Waals surface area contributed by atoms with Crippen LogP contribution in [0.1, 0.15) is 23.6 Å². The zero-order chi connectivity index (χ0) is 12.6. The van der Waals surface area contributed by atoms with Crippen LogP contribution < -0.4 is 10.2 Å². The molecule has 0 fully saturated rings. The molecule has 1 aliphatic rings. The summed E-state index contributed by atoms with van der Waals surface area (Å²) in [5, 5.41) is 9.74. The number of hydrogen-bond acceptors (Lipinski definition) is 4. The Labute approximate surface area is 101 Å². The maximum atomic E-state index is 10.9. The molecule has 1 aromatic rings. The molecule has 0 unspecified atom stereocenters. The minimum absolute atomic E-state index is 0.0284. The number of ketones is 1. The van der Waals surface area contributed by atoms with Gasteiger partial charge in [-0.15, -0.1) is 0 Å². The minimum atomic E-state index is -0.885. The topological polar surface area (TPSA) is 55.8 Å². The highest BCUT2D eigenvalue weighted by molar-refractivity contribution is 6.62. The van der Waals surface area contributed by atoms with Crippen LogP contribution in [0.15, 0.2) is 6.07 Å². The Balaban J connectivity index is 2.39. The van der Waals surface area contributed by atoms with Crippen molar-refractivity contribution in [2.24, 2.45) is 0 Å². The molecule has 0 spiro atoms. The van der Waals surface area contributed by atoms with Crippen LogP contribution in [0.4, 0.5) is 0 Å². The second-order valence-corrected chi connectivity index (χ2v) is 4.36. The predicted octanol–water partition coefficient (Wildman–Crippen LogP) is 0.489. The molecule has 1 N–H and O–H groups in total. The first-order valence-corrected chi connectivity index (χ1v) is 5.55. The maximum absolute atomic E-state index is 10.9. The lowest BCUT2D eigenvalue weighted by molar-refractivity contribution is -0.118. The molecule has 4 nitrogen and oxygen atoms in total. The lowest BCUT2D eigenvalue weighted by Crippen LogP contribution is -2.31. The second-order valence-electron chi connectivity index (χ2n) is 4.36. The first kappa shape index (κ1) is 12.1. The molecule has 90 valence electrons. The molecule has 0 saturated heterocycles. The molecule has 0 bridgehead atoms. The fourth-order valence-electron chi connectivity index (χ4n) is 2.06. The Bertz CT molecular complexity index is 470. The lowest BCUT2D eigenvalue weighted by Gasteiger charge is -2.13. The molecular weight excluding hydrogens is 219 g/mol. The van der Waals surface area contributed by atoms with E-state index >= 15 is 0 Å². The smallest absolute Gasteiger partial charge is 0.486 e. The normalized spacial score (nSPS) is 13.8. The number of Topliss-reactive ketones (excluding diaryl/α,β-unsaturated/α-hetero) is 1. The summed E-state index contributed by atoms with van der Waals surface area (Å²) >= 11 is 0. The van der Waals surface area contributed by atoms with Crippen molar-refractivity contribution < 1.29 is 19.2 Å². The van der Waals surface area contributed by atoms with Crippen LogP contribution in [-0.2, 0) is 16.1 Å². The molecule has 0 aliphatic carbocycles. The molecule has 1 heterocycles. The summed E-state index contributed by atoms with van der Waals surface area (Å²) in [6.45, 7) is 5.77. The van der Waals surface area contributed by atoms with Gasteiger partial charge < -0.3 is 14.4 Å². The third-order valence-corrected chi connectivity index (χ3v) is 2.99. The average molecular weight is 234 g/mol. The van der Waals surface area contributed by atoms with Crippen molar-refractivity contribution in [2.75, 3.05) is 6.61 Å². The van der Waals surface area contributed by atoms with E-state index in [1.54, 1.807) is 0 Å². The van der Waals surface area contributed by atoms with Crippen molar-refractivity contribution in [3.05, 3.63) is 22.8 Å². The molecule has 0 aromatic heterocycles. The van der Waals surface area contributed by atoms with Gasteiger partial charge in [0.15, 0.2) is 5.78 Å². The number of rotatable bonds is 3. The third kappa shape index (κ3) is 2.21. The van der Waals surface area contributed by atoms with Crippen LogP contribution in [0.25, 0.3) is 0 Å². The molecule has 1 aliphatic heterocycles. The fourth-order valence-corrected chi connectivity index (χ4v) is 2.06. The maximum Gasteiger partial charge on any atom is 0.492 e. The molecule has 2 rings (SSSR count). The van der Waals surface area contributed by atoms with Crippen molar-refractivity contribution in [3.63, 3.8) is 0 Å². The van der Waals surface area contributed by atoms with Gasteiger partial charge in [-0.25, -0.2) is 0 Å². The van der Waals surface area contributed by atoms with E-state index < -0.39 is 7.12 Å². The SMILES string of the molecule is CC(=O)COc1cc(C)c2c(c1C)B(O)OC2. The average Bonchev–Trinajstić information content (AvgIpc) is 2.64. The Morgan fingerprint density at radius 2 is 2.29 bits per heavy atom. The Morgan fingerprint density at radius 1 is 1.59 bits per heavy atom. The molecular formula is C12H15BO4. The number of ether oxygens (including phenoxy) is 1. The van der Waals surface area contributed by atoms with E-state index in [0.717, 1.165) is 22.2 Å². The van der Waals surface area contributed by atoms with E-state index in [0.29, 0.717) is 12.4 Å². The summed E-state index contributed by atoms with van der Waals surface area (Å²) in [7, 11) is -0.885. The monoisotopic (exact) mass is 234 g/mol. The van der Waals surface area contributed by atoms with Crippen molar-refractivity contribution >= 4 is 18.4 Å². The van der Waals surface area contributed by atoms with Gasteiger partial charge in [0.05, 0.1) is 6.61 Å². The number of carbonyl (C=O) groups is 1. The predicted molar refractivity (Wildman–Crippen MR) is 64.5 cm³/mol. The zero-order valence-electron chi connectivity index (χ0n) is 10.2. The highest BCUT2D eigenvalue weighted by Crippen LogP contribution is 2.25. The van der Waals surface area contributed by atoms with E-state index in [-0.39, 0.29) is 12.4 Å². The number of hydrogen-bond donors (Lipinski definition) is 1. The summed E-state index contributed by atoms with van der Waals surface area (Å²) in [4.78, 5) is 10.9. The van der Waals surface area contributed by atoms with Crippen LogP contribution in [0.2, 0.25) is 0 Å². The van der Waals surface area contributed by atoms with Gasteiger partial charge in [-0.1, -0.05) is 0 Å². The van der Waals surface area contributed by atoms with Gasteiger partial charge in [-0.05, 0) is 49.0 Å². The van der Waals surface area contributed by atoms with E-state index in [4.69, 9.17) is 9.39 Å². The van der Waals surface area contributed by atoms with Crippen LogP contribution in [0, 0.1) is 13.8 Å². The van der Waals surface area contributed by atoms with E-state index in [2.05, 4.69) is 0 Å². The largest absolute Gasteiger partial charge is 0.492 e. The van der Waals surface area contributed by atoms with Crippen molar-refractivity contribution in [2.45, 2.75) is 27.4 Å². The molecule has 17 heavy (non-hydrogen) atoms. The van der Waals surface area contributed by atoms with Crippen molar-refractivity contribution in [1.82, 2.24) is 0 Å². The number of benzene rings is 1.